The molecular weight excluding hydrogens is 220 g/mol. The molecule has 1 amide bonds. The molecule has 0 saturated carbocycles. The summed E-state index contributed by atoms with van der Waals surface area (Å²) in [6.45, 7) is 1.82. The lowest BCUT2D eigenvalue weighted by Crippen LogP contribution is -2.19. The molecule has 0 saturated heterocycles. The maximum absolute atomic E-state index is 10.8. The van der Waals surface area contributed by atoms with E-state index in [0.717, 1.165) is 17.0 Å². The van der Waals surface area contributed by atoms with E-state index in [-0.39, 0.29) is 0 Å². The lowest BCUT2D eigenvalue weighted by molar-refractivity contribution is 0.171. The number of amides is 1. The molecular formula is C12H16N2O3. The Morgan fingerprint density at radius 1 is 1.35 bits per heavy atom. The van der Waals surface area contributed by atoms with Gasteiger partial charge in [-0.25, -0.2) is 10.2 Å². The Balaban J connectivity index is 2.67. The molecule has 92 valence electrons. The van der Waals surface area contributed by atoms with E-state index in [1.807, 2.05) is 31.2 Å². The number of nitrogens with zero attached hydrogens (tertiary/aromatic N) is 1. The fourth-order valence-electron chi connectivity index (χ4n) is 1.35. The van der Waals surface area contributed by atoms with Crippen molar-refractivity contribution >= 4 is 11.8 Å². The number of hydrogen-bond acceptors (Lipinski definition) is 4. The number of benzene rings is 1. The molecule has 0 radical (unpaired) electrons. The van der Waals surface area contributed by atoms with Gasteiger partial charge in [-0.15, -0.1) is 0 Å². The number of hydrogen-bond donors (Lipinski definition) is 1. The fourth-order valence-corrected chi connectivity index (χ4v) is 1.35. The third-order valence-electron chi connectivity index (χ3n) is 2.16. The molecule has 0 spiro atoms. The number of methoxy groups -OCH3 is 2. The quantitative estimate of drug-likeness (QED) is 0.642. The molecule has 0 aromatic heterocycles. The highest BCUT2D eigenvalue weighted by molar-refractivity contribution is 5.85. The Morgan fingerprint density at radius 2 is 2.06 bits per heavy atom. The second-order valence-electron chi connectivity index (χ2n) is 3.44. The summed E-state index contributed by atoms with van der Waals surface area (Å²) in [5.74, 6) is 0.806. The Morgan fingerprint density at radius 3 is 2.71 bits per heavy atom. The zero-order valence-corrected chi connectivity index (χ0v) is 10.2. The van der Waals surface area contributed by atoms with Crippen LogP contribution in [0.5, 0.6) is 5.75 Å². The Bertz CT molecular complexity index is 416. The molecule has 1 rings (SSSR count). The lowest BCUT2D eigenvalue weighted by atomic mass is 10.1. The summed E-state index contributed by atoms with van der Waals surface area (Å²) in [6, 6.07) is 7.67. The zero-order chi connectivity index (χ0) is 12.7. The van der Waals surface area contributed by atoms with Crippen LogP contribution in [-0.2, 0) is 11.2 Å². The number of carbonyl (C=O) groups excluding carboxylic acids is 1. The number of hydrazone groups is 1. The highest BCUT2D eigenvalue weighted by Gasteiger charge is 2.03. The normalized spacial score (nSPS) is 10.9. The molecule has 1 aromatic rings. The van der Waals surface area contributed by atoms with Crippen molar-refractivity contribution in [3.63, 3.8) is 0 Å². The van der Waals surface area contributed by atoms with Gasteiger partial charge in [0, 0.05) is 12.1 Å². The Labute approximate surface area is 100 Å². The van der Waals surface area contributed by atoms with Crippen molar-refractivity contribution in [3.05, 3.63) is 29.8 Å². The molecule has 0 aliphatic rings. The molecule has 1 aromatic carbocycles. The lowest BCUT2D eigenvalue weighted by Gasteiger charge is -2.07. The molecule has 0 aliphatic carbocycles. The first kappa shape index (κ1) is 13.0. The second kappa shape index (κ2) is 6.52. The average Bonchev–Trinajstić information content (AvgIpc) is 2.36. The van der Waals surface area contributed by atoms with Crippen molar-refractivity contribution in [2.24, 2.45) is 5.10 Å². The molecule has 0 unspecified atom stereocenters. The number of nitrogens with one attached hydrogen (secondary N) is 1. The van der Waals surface area contributed by atoms with Crippen molar-refractivity contribution in [3.8, 4) is 5.75 Å². The van der Waals surface area contributed by atoms with Gasteiger partial charge >= 0.3 is 6.09 Å². The third-order valence-corrected chi connectivity index (χ3v) is 2.16. The van der Waals surface area contributed by atoms with Gasteiger partial charge in [0.1, 0.15) is 5.75 Å². The van der Waals surface area contributed by atoms with Crippen molar-refractivity contribution in [2.45, 2.75) is 13.3 Å². The molecule has 0 fully saturated rings. The molecule has 0 bridgehead atoms. The molecule has 5 nitrogen and oxygen atoms in total. The van der Waals surface area contributed by atoms with Gasteiger partial charge in [0.05, 0.1) is 14.2 Å². The van der Waals surface area contributed by atoms with E-state index in [9.17, 15) is 4.79 Å². The van der Waals surface area contributed by atoms with Gasteiger partial charge in [0.25, 0.3) is 0 Å². The van der Waals surface area contributed by atoms with E-state index in [4.69, 9.17) is 4.74 Å². The van der Waals surface area contributed by atoms with E-state index >= 15 is 0 Å². The van der Waals surface area contributed by atoms with Crippen LogP contribution in [0.3, 0.4) is 0 Å². The average molecular weight is 236 g/mol. The molecule has 17 heavy (non-hydrogen) atoms. The smallest absolute Gasteiger partial charge is 0.427 e. The van der Waals surface area contributed by atoms with Gasteiger partial charge in [0.15, 0.2) is 0 Å². The summed E-state index contributed by atoms with van der Waals surface area (Å²) >= 11 is 0. The predicted molar refractivity (Wildman–Crippen MR) is 65.3 cm³/mol. The highest BCUT2D eigenvalue weighted by Crippen LogP contribution is 2.17. The molecule has 0 aliphatic heterocycles. The van der Waals surface area contributed by atoms with Crippen LogP contribution in [0.2, 0.25) is 0 Å². The van der Waals surface area contributed by atoms with Crippen molar-refractivity contribution < 1.29 is 14.3 Å². The van der Waals surface area contributed by atoms with E-state index in [1.54, 1.807) is 7.11 Å². The summed E-state index contributed by atoms with van der Waals surface area (Å²) in [4.78, 5) is 10.8. The van der Waals surface area contributed by atoms with Crippen LogP contribution < -0.4 is 10.2 Å². The third kappa shape index (κ3) is 4.14. The molecule has 0 heterocycles. The van der Waals surface area contributed by atoms with E-state index in [0.29, 0.717) is 6.42 Å². The summed E-state index contributed by atoms with van der Waals surface area (Å²) in [5, 5.41) is 3.90. The van der Waals surface area contributed by atoms with Crippen LogP contribution in [0, 0.1) is 0 Å². The molecule has 1 N–H and O–H groups in total. The standard InChI is InChI=1S/C12H16N2O3/c1-9(13-14-12(15)17-3)8-10-6-4-5-7-11(10)16-2/h4-7H,8H2,1-3H3,(H,14,15)/b13-9-. The highest BCUT2D eigenvalue weighted by atomic mass is 16.5. The first-order valence-corrected chi connectivity index (χ1v) is 5.16. The number of carbonyl (C=O) groups is 1. The first-order valence-electron chi connectivity index (χ1n) is 5.16. The number of rotatable bonds is 4. The molecule has 5 heteroatoms. The minimum atomic E-state index is -0.579. The maximum atomic E-state index is 10.8. The van der Waals surface area contributed by atoms with Crippen LogP contribution in [0.1, 0.15) is 12.5 Å². The maximum Gasteiger partial charge on any atom is 0.427 e. The van der Waals surface area contributed by atoms with Gasteiger partial charge in [0.2, 0.25) is 0 Å². The largest absolute Gasteiger partial charge is 0.496 e. The van der Waals surface area contributed by atoms with Crippen LogP contribution in [0.25, 0.3) is 0 Å². The monoisotopic (exact) mass is 236 g/mol. The fraction of sp³-hybridized carbons (Fsp3) is 0.333. The van der Waals surface area contributed by atoms with Crippen LogP contribution in [0.4, 0.5) is 4.79 Å². The zero-order valence-electron chi connectivity index (χ0n) is 10.2. The van der Waals surface area contributed by atoms with Crippen molar-refractivity contribution in [2.75, 3.05) is 14.2 Å². The van der Waals surface area contributed by atoms with Crippen molar-refractivity contribution in [1.82, 2.24) is 5.43 Å². The van der Waals surface area contributed by atoms with Crippen LogP contribution >= 0.6 is 0 Å². The number of para-hydroxylation sites is 1. The summed E-state index contributed by atoms with van der Waals surface area (Å²) in [5.41, 5.74) is 4.06. The Hall–Kier alpha value is -2.04. The first-order chi connectivity index (χ1) is 8.17. The van der Waals surface area contributed by atoms with Crippen LogP contribution in [-0.4, -0.2) is 26.0 Å². The summed E-state index contributed by atoms with van der Waals surface area (Å²) in [6.07, 6.45) is 0.0259. The van der Waals surface area contributed by atoms with Crippen LogP contribution in [0.15, 0.2) is 29.4 Å². The van der Waals surface area contributed by atoms with E-state index in [1.165, 1.54) is 7.11 Å². The van der Waals surface area contributed by atoms with E-state index in [2.05, 4.69) is 15.3 Å². The van der Waals surface area contributed by atoms with Gasteiger partial charge < -0.3 is 9.47 Å². The van der Waals surface area contributed by atoms with E-state index < -0.39 is 6.09 Å². The van der Waals surface area contributed by atoms with Gasteiger partial charge in [-0.05, 0) is 18.6 Å². The van der Waals surface area contributed by atoms with Gasteiger partial charge in [-0.2, -0.15) is 5.10 Å². The van der Waals surface area contributed by atoms with Gasteiger partial charge in [-0.3, -0.25) is 0 Å². The predicted octanol–water partition coefficient (Wildman–Crippen LogP) is 1.97. The minimum absolute atomic E-state index is 0.579. The second-order valence-corrected chi connectivity index (χ2v) is 3.44. The SMILES string of the molecule is COC(=O)N/N=C(/C)Cc1ccccc1OC. The minimum Gasteiger partial charge on any atom is -0.496 e. The number of ether oxygens (including phenoxy) is 2. The summed E-state index contributed by atoms with van der Waals surface area (Å²) in [7, 11) is 2.92. The van der Waals surface area contributed by atoms with Gasteiger partial charge in [-0.1, -0.05) is 18.2 Å². The van der Waals surface area contributed by atoms with Crippen molar-refractivity contribution in [1.29, 1.82) is 0 Å². The summed E-state index contributed by atoms with van der Waals surface area (Å²) < 4.78 is 9.64. The topological polar surface area (TPSA) is 59.9 Å². The molecule has 0 atom stereocenters. The Kier molecular flexibility index (Phi) is 5.00.